The first-order chi connectivity index (χ1) is 6.76. The maximum Gasteiger partial charge on any atom is 0.207 e. The number of carbonyl (C=O) groups is 1. The van der Waals surface area contributed by atoms with E-state index in [9.17, 15) is 9.18 Å². The van der Waals surface area contributed by atoms with Gasteiger partial charge in [0.2, 0.25) is 6.41 Å². The summed E-state index contributed by atoms with van der Waals surface area (Å²) < 4.78 is 12.8. The standard InChI is InChI=1S/C10H13FN2O/c11-9-3-1-2-8(4-9)5-10(6-12)13-7-14/h1-4,7,10H,5-6,12H2,(H,13,14). The molecule has 0 aliphatic carbocycles. The van der Waals surface area contributed by atoms with E-state index < -0.39 is 0 Å². The van der Waals surface area contributed by atoms with Gasteiger partial charge in [-0.1, -0.05) is 12.1 Å². The molecule has 1 aromatic carbocycles. The van der Waals surface area contributed by atoms with E-state index in [2.05, 4.69) is 5.32 Å². The molecular formula is C10H13FN2O. The van der Waals surface area contributed by atoms with E-state index in [4.69, 9.17) is 5.73 Å². The summed E-state index contributed by atoms with van der Waals surface area (Å²) in [6, 6.07) is 6.13. The molecule has 1 amide bonds. The molecule has 0 aliphatic heterocycles. The Balaban J connectivity index is 2.61. The molecule has 1 atom stereocenters. The van der Waals surface area contributed by atoms with Gasteiger partial charge in [0.05, 0.1) is 0 Å². The highest BCUT2D eigenvalue weighted by Gasteiger charge is 2.06. The zero-order chi connectivity index (χ0) is 10.4. The van der Waals surface area contributed by atoms with Crippen LogP contribution in [-0.2, 0) is 11.2 Å². The van der Waals surface area contributed by atoms with Crippen LogP contribution in [0.1, 0.15) is 5.56 Å². The number of carbonyl (C=O) groups excluding carboxylic acids is 1. The fraction of sp³-hybridized carbons (Fsp3) is 0.300. The minimum Gasteiger partial charge on any atom is -0.354 e. The molecule has 0 aliphatic rings. The van der Waals surface area contributed by atoms with E-state index in [1.54, 1.807) is 12.1 Å². The van der Waals surface area contributed by atoms with E-state index >= 15 is 0 Å². The molecule has 0 fully saturated rings. The summed E-state index contributed by atoms with van der Waals surface area (Å²) in [5.74, 6) is -0.274. The van der Waals surface area contributed by atoms with Crippen molar-refractivity contribution in [3.05, 3.63) is 35.6 Å². The minimum atomic E-state index is -0.274. The highest BCUT2D eigenvalue weighted by molar-refractivity contribution is 5.46. The highest BCUT2D eigenvalue weighted by Crippen LogP contribution is 2.05. The van der Waals surface area contributed by atoms with Crippen LogP contribution in [0.25, 0.3) is 0 Å². The molecule has 0 heterocycles. The van der Waals surface area contributed by atoms with Crippen LogP contribution in [0.4, 0.5) is 4.39 Å². The number of nitrogens with two attached hydrogens (primary N) is 1. The molecule has 0 aromatic heterocycles. The van der Waals surface area contributed by atoms with Crippen molar-refractivity contribution < 1.29 is 9.18 Å². The molecule has 0 saturated heterocycles. The quantitative estimate of drug-likeness (QED) is 0.671. The third kappa shape index (κ3) is 3.14. The molecule has 0 radical (unpaired) electrons. The Morgan fingerprint density at radius 1 is 1.57 bits per heavy atom. The van der Waals surface area contributed by atoms with Gasteiger partial charge in [-0.25, -0.2) is 4.39 Å². The topological polar surface area (TPSA) is 55.1 Å². The Hall–Kier alpha value is -1.42. The van der Waals surface area contributed by atoms with Gasteiger partial charge in [-0.3, -0.25) is 4.79 Å². The number of hydrogen-bond acceptors (Lipinski definition) is 2. The lowest BCUT2D eigenvalue weighted by Gasteiger charge is -2.13. The van der Waals surface area contributed by atoms with Crippen molar-refractivity contribution >= 4 is 6.41 Å². The average molecular weight is 196 g/mol. The summed E-state index contributed by atoms with van der Waals surface area (Å²) >= 11 is 0. The Morgan fingerprint density at radius 2 is 2.36 bits per heavy atom. The summed E-state index contributed by atoms with van der Waals surface area (Å²) in [5, 5.41) is 2.57. The van der Waals surface area contributed by atoms with Gasteiger partial charge in [0, 0.05) is 12.6 Å². The van der Waals surface area contributed by atoms with E-state index in [1.165, 1.54) is 12.1 Å². The third-order valence-electron chi connectivity index (χ3n) is 1.96. The first kappa shape index (κ1) is 10.7. The van der Waals surface area contributed by atoms with Gasteiger partial charge in [0.25, 0.3) is 0 Å². The summed E-state index contributed by atoms with van der Waals surface area (Å²) in [4.78, 5) is 10.2. The number of nitrogens with one attached hydrogen (secondary N) is 1. The molecular weight excluding hydrogens is 183 g/mol. The molecule has 1 unspecified atom stereocenters. The number of amides is 1. The first-order valence-electron chi connectivity index (χ1n) is 4.40. The van der Waals surface area contributed by atoms with Crippen molar-refractivity contribution in [3.63, 3.8) is 0 Å². The van der Waals surface area contributed by atoms with E-state index in [0.29, 0.717) is 19.4 Å². The van der Waals surface area contributed by atoms with Gasteiger partial charge in [-0.2, -0.15) is 0 Å². The van der Waals surface area contributed by atoms with E-state index in [-0.39, 0.29) is 11.9 Å². The van der Waals surface area contributed by atoms with Crippen molar-refractivity contribution in [1.82, 2.24) is 5.32 Å². The van der Waals surface area contributed by atoms with Gasteiger partial charge >= 0.3 is 0 Å². The van der Waals surface area contributed by atoms with Crippen LogP contribution in [0, 0.1) is 5.82 Å². The monoisotopic (exact) mass is 196 g/mol. The maximum atomic E-state index is 12.8. The number of halogens is 1. The molecule has 1 aromatic rings. The molecule has 1 rings (SSSR count). The van der Waals surface area contributed by atoms with Crippen molar-refractivity contribution in [3.8, 4) is 0 Å². The molecule has 4 heteroatoms. The predicted molar refractivity (Wildman–Crippen MR) is 52.1 cm³/mol. The second kappa shape index (κ2) is 5.34. The molecule has 3 N–H and O–H groups in total. The van der Waals surface area contributed by atoms with Crippen LogP contribution in [0.2, 0.25) is 0 Å². The van der Waals surface area contributed by atoms with Gasteiger partial charge in [0.1, 0.15) is 5.82 Å². The first-order valence-corrected chi connectivity index (χ1v) is 4.40. The Kier molecular flexibility index (Phi) is 4.07. The van der Waals surface area contributed by atoms with Crippen LogP contribution in [0.5, 0.6) is 0 Å². The zero-order valence-corrected chi connectivity index (χ0v) is 7.74. The van der Waals surface area contributed by atoms with Crippen molar-refractivity contribution in [2.45, 2.75) is 12.5 Å². The Labute approximate surface area is 82.1 Å². The second-order valence-electron chi connectivity index (χ2n) is 3.05. The van der Waals surface area contributed by atoms with Crippen molar-refractivity contribution in [2.75, 3.05) is 6.54 Å². The molecule has 0 bridgehead atoms. The molecule has 0 spiro atoms. The third-order valence-corrected chi connectivity index (χ3v) is 1.96. The van der Waals surface area contributed by atoms with Crippen LogP contribution >= 0.6 is 0 Å². The van der Waals surface area contributed by atoms with Crippen LogP contribution in [0.15, 0.2) is 24.3 Å². The lowest BCUT2D eigenvalue weighted by atomic mass is 10.1. The molecule has 0 saturated carbocycles. The maximum absolute atomic E-state index is 12.8. The largest absolute Gasteiger partial charge is 0.354 e. The van der Waals surface area contributed by atoms with Crippen LogP contribution in [0.3, 0.4) is 0 Å². The van der Waals surface area contributed by atoms with Gasteiger partial charge in [-0.15, -0.1) is 0 Å². The zero-order valence-electron chi connectivity index (χ0n) is 7.74. The lowest BCUT2D eigenvalue weighted by molar-refractivity contribution is -0.110. The van der Waals surface area contributed by atoms with Gasteiger partial charge < -0.3 is 11.1 Å². The lowest BCUT2D eigenvalue weighted by Crippen LogP contribution is -2.36. The fourth-order valence-corrected chi connectivity index (χ4v) is 1.25. The summed E-state index contributed by atoms with van der Waals surface area (Å²) in [7, 11) is 0. The molecule has 3 nitrogen and oxygen atoms in total. The number of rotatable bonds is 5. The highest BCUT2D eigenvalue weighted by atomic mass is 19.1. The molecule has 76 valence electrons. The SMILES string of the molecule is NCC(Cc1cccc(F)c1)NC=O. The average Bonchev–Trinajstić information content (AvgIpc) is 2.17. The molecule has 14 heavy (non-hydrogen) atoms. The number of hydrogen-bond donors (Lipinski definition) is 2. The normalized spacial score (nSPS) is 12.1. The van der Waals surface area contributed by atoms with Gasteiger partial charge in [0.15, 0.2) is 0 Å². The second-order valence-corrected chi connectivity index (χ2v) is 3.05. The Morgan fingerprint density at radius 3 is 2.93 bits per heavy atom. The van der Waals surface area contributed by atoms with E-state index in [1.807, 2.05) is 0 Å². The van der Waals surface area contributed by atoms with Gasteiger partial charge in [-0.05, 0) is 24.1 Å². The minimum absolute atomic E-state index is 0.130. The van der Waals surface area contributed by atoms with Crippen molar-refractivity contribution in [1.29, 1.82) is 0 Å². The summed E-state index contributed by atoms with van der Waals surface area (Å²) in [6.07, 6.45) is 1.16. The number of benzene rings is 1. The van der Waals surface area contributed by atoms with E-state index in [0.717, 1.165) is 5.56 Å². The predicted octanol–water partition coefficient (Wildman–Crippen LogP) is 0.441. The van der Waals surface area contributed by atoms with Crippen LogP contribution in [-0.4, -0.2) is 19.0 Å². The summed E-state index contributed by atoms with van der Waals surface area (Å²) in [5.41, 5.74) is 6.26. The van der Waals surface area contributed by atoms with Crippen LogP contribution < -0.4 is 11.1 Å². The smallest absolute Gasteiger partial charge is 0.207 e. The fourth-order valence-electron chi connectivity index (χ4n) is 1.25. The van der Waals surface area contributed by atoms with Crippen molar-refractivity contribution in [2.24, 2.45) is 5.73 Å². The Bertz CT molecular complexity index is 304. The summed E-state index contributed by atoms with van der Waals surface area (Å²) in [6.45, 7) is 0.343.